The molecule has 0 aliphatic carbocycles. The van der Waals surface area contributed by atoms with Crippen LogP contribution in [0.1, 0.15) is 24.5 Å². The molecule has 0 saturated carbocycles. The Labute approximate surface area is 125 Å². The Morgan fingerprint density at radius 2 is 1.86 bits per heavy atom. The Morgan fingerprint density at radius 3 is 2.43 bits per heavy atom. The first-order valence-electron chi connectivity index (χ1n) is 7.38. The number of pyridine rings is 1. The van der Waals surface area contributed by atoms with Crippen LogP contribution in [-0.4, -0.2) is 42.1 Å². The lowest BCUT2D eigenvalue weighted by Crippen LogP contribution is -2.33. The highest BCUT2D eigenvalue weighted by Crippen LogP contribution is 2.29. The summed E-state index contributed by atoms with van der Waals surface area (Å²) in [5.41, 5.74) is 2.36. The molecule has 0 unspecified atom stereocenters. The predicted octanol–water partition coefficient (Wildman–Crippen LogP) is 2.32. The molecule has 1 aliphatic rings. The van der Waals surface area contributed by atoms with Crippen molar-refractivity contribution in [2.75, 3.05) is 37.0 Å². The van der Waals surface area contributed by atoms with Crippen molar-refractivity contribution >= 4 is 11.5 Å². The molecule has 2 aromatic rings. The SMILES string of the molecule is CN(C)c1ccc(C2CCN(c3cnccn3)CC2)nc1. The van der Waals surface area contributed by atoms with Gasteiger partial charge in [-0.05, 0) is 25.0 Å². The van der Waals surface area contributed by atoms with Gasteiger partial charge in [0.05, 0.1) is 18.1 Å². The summed E-state index contributed by atoms with van der Waals surface area (Å²) in [5, 5.41) is 0. The lowest BCUT2D eigenvalue weighted by molar-refractivity contribution is 0.493. The van der Waals surface area contributed by atoms with Gasteiger partial charge in [-0.15, -0.1) is 0 Å². The summed E-state index contributed by atoms with van der Waals surface area (Å²) in [6.07, 6.45) is 9.50. The van der Waals surface area contributed by atoms with Gasteiger partial charge in [-0.1, -0.05) is 0 Å². The minimum atomic E-state index is 0.550. The highest BCUT2D eigenvalue weighted by molar-refractivity contribution is 5.43. The van der Waals surface area contributed by atoms with Crippen molar-refractivity contribution in [2.45, 2.75) is 18.8 Å². The molecule has 0 amide bonds. The molecule has 5 nitrogen and oxygen atoms in total. The molecule has 2 aromatic heterocycles. The average molecular weight is 283 g/mol. The molecular weight excluding hydrogens is 262 g/mol. The smallest absolute Gasteiger partial charge is 0.147 e. The summed E-state index contributed by atoms with van der Waals surface area (Å²) < 4.78 is 0. The van der Waals surface area contributed by atoms with Crippen LogP contribution >= 0.6 is 0 Å². The molecule has 0 N–H and O–H groups in total. The van der Waals surface area contributed by atoms with Crippen molar-refractivity contribution < 1.29 is 0 Å². The van der Waals surface area contributed by atoms with Crippen molar-refractivity contribution in [3.05, 3.63) is 42.6 Å². The lowest BCUT2D eigenvalue weighted by atomic mass is 9.93. The van der Waals surface area contributed by atoms with E-state index in [9.17, 15) is 0 Å². The second-order valence-electron chi connectivity index (χ2n) is 5.66. The fraction of sp³-hybridized carbons (Fsp3) is 0.438. The molecule has 0 bridgehead atoms. The molecule has 1 aliphatic heterocycles. The fourth-order valence-corrected chi connectivity index (χ4v) is 2.76. The van der Waals surface area contributed by atoms with Crippen LogP contribution in [0.25, 0.3) is 0 Å². The number of anilines is 2. The molecule has 0 aromatic carbocycles. The van der Waals surface area contributed by atoms with Gasteiger partial charge in [0, 0.05) is 51.2 Å². The summed E-state index contributed by atoms with van der Waals surface area (Å²) in [4.78, 5) is 17.5. The van der Waals surface area contributed by atoms with Gasteiger partial charge in [-0.3, -0.25) is 9.97 Å². The second kappa shape index (κ2) is 6.08. The number of hydrogen-bond donors (Lipinski definition) is 0. The molecule has 3 rings (SSSR count). The third kappa shape index (κ3) is 3.12. The zero-order chi connectivity index (χ0) is 14.7. The van der Waals surface area contributed by atoms with Gasteiger partial charge in [0.1, 0.15) is 5.82 Å². The Hall–Kier alpha value is -2.17. The Bertz CT molecular complexity index is 559. The summed E-state index contributed by atoms with van der Waals surface area (Å²) >= 11 is 0. The quantitative estimate of drug-likeness (QED) is 0.865. The van der Waals surface area contributed by atoms with Crippen molar-refractivity contribution in [3.63, 3.8) is 0 Å². The van der Waals surface area contributed by atoms with Crippen LogP contribution in [0.5, 0.6) is 0 Å². The van der Waals surface area contributed by atoms with Crippen LogP contribution in [0, 0.1) is 0 Å². The average Bonchev–Trinajstić information content (AvgIpc) is 2.56. The normalized spacial score (nSPS) is 16.0. The Morgan fingerprint density at radius 1 is 1.05 bits per heavy atom. The Balaban J connectivity index is 1.63. The van der Waals surface area contributed by atoms with E-state index in [0.717, 1.165) is 37.4 Å². The summed E-state index contributed by atoms with van der Waals surface area (Å²) in [5.74, 6) is 1.53. The third-order valence-corrected chi connectivity index (χ3v) is 4.07. The van der Waals surface area contributed by atoms with Gasteiger partial charge in [0.2, 0.25) is 0 Å². The van der Waals surface area contributed by atoms with E-state index in [1.54, 1.807) is 12.4 Å². The lowest BCUT2D eigenvalue weighted by Gasteiger charge is -2.32. The molecule has 1 saturated heterocycles. The van der Waals surface area contributed by atoms with Crippen LogP contribution in [0.4, 0.5) is 11.5 Å². The zero-order valence-corrected chi connectivity index (χ0v) is 12.6. The number of piperidine rings is 1. The Kier molecular flexibility index (Phi) is 3.99. The third-order valence-electron chi connectivity index (χ3n) is 4.07. The minimum Gasteiger partial charge on any atom is -0.376 e. The molecular formula is C16H21N5. The van der Waals surface area contributed by atoms with Crippen molar-refractivity contribution in [2.24, 2.45) is 0 Å². The van der Waals surface area contributed by atoms with Gasteiger partial charge in [0.15, 0.2) is 0 Å². The van der Waals surface area contributed by atoms with E-state index in [0.29, 0.717) is 5.92 Å². The van der Waals surface area contributed by atoms with E-state index < -0.39 is 0 Å². The first kappa shape index (κ1) is 13.8. The number of hydrogen-bond acceptors (Lipinski definition) is 5. The number of aromatic nitrogens is 3. The van der Waals surface area contributed by atoms with Crippen LogP contribution in [0.3, 0.4) is 0 Å². The van der Waals surface area contributed by atoms with Gasteiger partial charge in [0.25, 0.3) is 0 Å². The minimum absolute atomic E-state index is 0.550. The molecule has 3 heterocycles. The summed E-state index contributed by atoms with van der Waals surface area (Å²) in [7, 11) is 4.08. The van der Waals surface area contributed by atoms with Crippen LogP contribution in [-0.2, 0) is 0 Å². The maximum Gasteiger partial charge on any atom is 0.147 e. The predicted molar refractivity (Wildman–Crippen MR) is 84.8 cm³/mol. The first-order valence-corrected chi connectivity index (χ1v) is 7.38. The topological polar surface area (TPSA) is 45.2 Å². The zero-order valence-electron chi connectivity index (χ0n) is 12.6. The summed E-state index contributed by atoms with van der Waals surface area (Å²) in [6.45, 7) is 2.03. The highest BCUT2D eigenvalue weighted by Gasteiger charge is 2.22. The molecule has 0 spiro atoms. The van der Waals surface area contributed by atoms with Gasteiger partial charge < -0.3 is 9.80 Å². The largest absolute Gasteiger partial charge is 0.376 e. The van der Waals surface area contributed by atoms with Gasteiger partial charge >= 0.3 is 0 Å². The van der Waals surface area contributed by atoms with Crippen molar-refractivity contribution in [1.29, 1.82) is 0 Å². The maximum absolute atomic E-state index is 4.63. The molecule has 0 atom stereocenters. The molecule has 5 heteroatoms. The summed E-state index contributed by atoms with van der Waals surface area (Å²) in [6, 6.07) is 4.31. The number of nitrogens with zero attached hydrogens (tertiary/aromatic N) is 5. The monoisotopic (exact) mass is 283 g/mol. The first-order chi connectivity index (χ1) is 10.2. The number of rotatable bonds is 3. The van der Waals surface area contributed by atoms with E-state index in [4.69, 9.17) is 0 Å². The van der Waals surface area contributed by atoms with E-state index in [1.165, 1.54) is 5.69 Å². The second-order valence-corrected chi connectivity index (χ2v) is 5.66. The van der Waals surface area contributed by atoms with E-state index in [1.807, 2.05) is 26.5 Å². The van der Waals surface area contributed by atoms with Crippen molar-refractivity contribution in [1.82, 2.24) is 15.0 Å². The highest BCUT2D eigenvalue weighted by atomic mass is 15.2. The molecule has 21 heavy (non-hydrogen) atoms. The van der Waals surface area contributed by atoms with E-state index >= 15 is 0 Å². The van der Waals surface area contributed by atoms with E-state index in [2.05, 4.69) is 36.9 Å². The van der Waals surface area contributed by atoms with E-state index in [-0.39, 0.29) is 0 Å². The van der Waals surface area contributed by atoms with Crippen LogP contribution in [0.15, 0.2) is 36.9 Å². The molecule has 0 radical (unpaired) electrons. The molecule has 1 fully saturated rings. The maximum atomic E-state index is 4.63. The van der Waals surface area contributed by atoms with Gasteiger partial charge in [-0.2, -0.15) is 0 Å². The standard InChI is InChI=1S/C16H21N5/c1-20(2)14-3-4-15(19-11-14)13-5-9-21(10-6-13)16-12-17-7-8-18-16/h3-4,7-8,11-13H,5-6,9-10H2,1-2H3. The molecule has 110 valence electrons. The van der Waals surface area contributed by atoms with Gasteiger partial charge in [-0.25, -0.2) is 4.98 Å². The van der Waals surface area contributed by atoms with Crippen molar-refractivity contribution in [3.8, 4) is 0 Å². The van der Waals surface area contributed by atoms with Crippen LogP contribution in [0.2, 0.25) is 0 Å². The fourth-order valence-electron chi connectivity index (χ4n) is 2.76. The van der Waals surface area contributed by atoms with Crippen LogP contribution < -0.4 is 9.80 Å².